The minimum Gasteiger partial charge on any atom is -0.508 e. The number of phenolic OH excluding ortho intramolecular Hbond substituents is 1. The Morgan fingerprint density at radius 1 is 1.06 bits per heavy atom. The average molecular weight is 309 g/mol. The van der Waals surface area contributed by atoms with E-state index in [2.05, 4.69) is 15.9 Å². The molecule has 0 aliphatic carbocycles. The average Bonchev–Trinajstić information content (AvgIpc) is 2.39. The summed E-state index contributed by atoms with van der Waals surface area (Å²) in [4.78, 5) is 0. The van der Waals surface area contributed by atoms with Crippen molar-refractivity contribution in [3.63, 3.8) is 0 Å². The van der Waals surface area contributed by atoms with E-state index in [1.54, 1.807) is 19.2 Å². The molecule has 0 saturated heterocycles. The molecule has 0 radical (unpaired) electrons. The topological polar surface area (TPSA) is 38.7 Å². The summed E-state index contributed by atoms with van der Waals surface area (Å²) in [6, 6.07) is 12.9. The molecule has 0 saturated carbocycles. The molecule has 2 aromatic rings. The highest BCUT2D eigenvalue weighted by Crippen LogP contribution is 2.31. The minimum atomic E-state index is 0.206. The maximum Gasteiger partial charge on any atom is 0.188 e. The van der Waals surface area contributed by atoms with Crippen LogP contribution in [0.25, 0.3) is 11.1 Å². The Morgan fingerprint density at radius 3 is 2.39 bits per heavy atom. The standard InChI is InChI=1S/C14H13BrO3/c1-17-9-18-14-8-11(4-7-13(14)15)10-2-5-12(16)6-3-10/h2-8,16H,9H2,1H3. The Balaban J connectivity index is 2.31. The van der Waals surface area contributed by atoms with Crippen LogP contribution in [0.2, 0.25) is 0 Å². The van der Waals surface area contributed by atoms with Crippen molar-refractivity contribution >= 4 is 15.9 Å². The number of hydrogen-bond acceptors (Lipinski definition) is 3. The lowest BCUT2D eigenvalue weighted by molar-refractivity contribution is 0.0506. The van der Waals surface area contributed by atoms with Crippen molar-refractivity contribution in [2.45, 2.75) is 0 Å². The molecule has 0 aromatic heterocycles. The van der Waals surface area contributed by atoms with Gasteiger partial charge in [-0.25, -0.2) is 0 Å². The summed E-state index contributed by atoms with van der Waals surface area (Å²) in [5.41, 5.74) is 2.03. The molecular formula is C14H13BrO3. The third kappa shape index (κ3) is 3.03. The van der Waals surface area contributed by atoms with Crippen LogP contribution in [0.15, 0.2) is 46.9 Å². The van der Waals surface area contributed by atoms with Gasteiger partial charge < -0.3 is 14.6 Å². The quantitative estimate of drug-likeness (QED) is 0.873. The molecule has 2 aromatic carbocycles. The van der Waals surface area contributed by atoms with Gasteiger partial charge in [-0.1, -0.05) is 18.2 Å². The molecule has 0 atom stereocenters. The summed E-state index contributed by atoms with van der Waals surface area (Å²) in [5, 5.41) is 9.27. The van der Waals surface area contributed by atoms with Crippen LogP contribution in [0.5, 0.6) is 11.5 Å². The first-order chi connectivity index (χ1) is 8.70. The number of aromatic hydroxyl groups is 1. The molecule has 1 N–H and O–H groups in total. The predicted molar refractivity (Wildman–Crippen MR) is 73.7 cm³/mol. The van der Waals surface area contributed by atoms with Crippen molar-refractivity contribution in [2.24, 2.45) is 0 Å². The summed E-state index contributed by atoms with van der Waals surface area (Å²) < 4.78 is 11.2. The van der Waals surface area contributed by atoms with Gasteiger partial charge >= 0.3 is 0 Å². The predicted octanol–water partition coefficient (Wildman–Crippen LogP) is 3.80. The van der Waals surface area contributed by atoms with Crippen LogP contribution in [0.1, 0.15) is 0 Å². The Morgan fingerprint density at radius 2 is 1.72 bits per heavy atom. The Kier molecular flexibility index (Phi) is 4.23. The minimum absolute atomic E-state index is 0.206. The number of methoxy groups -OCH3 is 1. The van der Waals surface area contributed by atoms with Gasteiger partial charge in [-0.2, -0.15) is 0 Å². The molecule has 3 nitrogen and oxygen atoms in total. The molecule has 0 aliphatic rings. The van der Waals surface area contributed by atoms with E-state index in [4.69, 9.17) is 9.47 Å². The second-order valence-electron chi connectivity index (χ2n) is 3.74. The van der Waals surface area contributed by atoms with E-state index in [0.717, 1.165) is 21.3 Å². The molecule has 0 aliphatic heterocycles. The van der Waals surface area contributed by atoms with Gasteiger partial charge in [0.05, 0.1) is 4.47 Å². The monoisotopic (exact) mass is 308 g/mol. The van der Waals surface area contributed by atoms with Crippen molar-refractivity contribution in [2.75, 3.05) is 13.9 Å². The third-order valence-electron chi connectivity index (χ3n) is 2.46. The molecule has 0 unspecified atom stereocenters. The molecule has 0 bridgehead atoms. The summed E-state index contributed by atoms with van der Waals surface area (Å²) in [7, 11) is 1.58. The van der Waals surface area contributed by atoms with Gasteiger partial charge in [0, 0.05) is 7.11 Å². The second kappa shape index (κ2) is 5.89. The fraction of sp³-hybridized carbons (Fsp3) is 0.143. The van der Waals surface area contributed by atoms with Crippen LogP contribution < -0.4 is 4.74 Å². The van der Waals surface area contributed by atoms with Gasteiger partial charge in [0.25, 0.3) is 0 Å². The summed E-state index contributed by atoms with van der Waals surface area (Å²) >= 11 is 3.42. The fourth-order valence-electron chi connectivity index (χ4n) is 1.57. The lowest BCUT2D eigenvalue weighted by Gasteiger charge is -2.09. The number of ether oxygens (including phenoxy) is 2. The zero-order chi connectivity index (χ0) is 13.0. The zero-order valence-corrected chi connectivity index (χ0v) is 11.5. The Hall–Kier alpha value is -1.52. The van der Waals surface area contributed by atoms with Crippen molar-refractivity contribution < 1.29 is 14.6 Å². The zero-order valence-electron chi connectivity index (χ0n) is 9.89. The highest BCUT2D eigenvalue weighted by molar-refractivity contribution is 9.10. The lowest BCUT2D eigenvalue weighted by atomic mass is 10.1. The van der Waals surface area contributed by atoms with Gasteiger partial charge in [-0.3, -0.25) is 0 Å². The molecule has 0 spiro atoms. The van der Waals surface area contributed by atoms with E-state index in [9.17, 15) is 5.11 Å². The van der Waals surface area contributed by atoms with Gasteiger partial charge in [0.2, 0.25) is 0 Å². The van der Waals surface area contributed by atoms with E-state index < -0.39 is 0 Å². The van der Waals surface area contributed by atoms with Crippen molar-refractivity contribution in [1.82, 2.24) is 0 Å². The van der Waals surface area contributed by atoms with Crippen LogP contribution in [-0.4, -0.2) is 19.0 Å². The van der Waals surface area contributed by atoms with E-state index >= 15 is 0 Å². The summed E-state index contributed by atoms with van der Waals surface area (Å²) in [5.74, 6) is 0.981. The largest absolute Gasteiger partial charge is 0.508 e. The molecule has 4 heteroatoms. The molecule has 2 rings (SSSR count). The van der Waals surface area contributed by atoms with Crippen molar-refractivity contribution in [3.8, 4) is 22.6 Å². The highest BCUT2D eigenvalue weighted by Gasteiger charge is 2.05. The summed E-state index contributed by atoms with van der Waals surface area (Å²) in [6.45, 7) is 0.206. The molecule has 94 valence electrons. The van der Waals surface area contributed by atoms with E-state index in [-0.39, 0.29) is 12.5 Å². The number of phenols is 1. The number of hydrogen-bond donors (Lipinski definition) is 1. The Bertz CT molecular complexity index is 523. The molecule has 0 amide bonds. The maximum absolute atomic E-state index is 9.27. The van der Waals surface area contributed by atoms with Gasteiger partial charge in [-0.15, -0.1) is 0 Å². The number of halogens is 1. The van der Waals surface area contributed by atoms with Crippen molar-refractivity contribution in [3.05, 3.63) is 46.9 Å². The number of benzene rings is 2. The molecule has 0 heterocycles. The summed E-state index contributed by atoms with van der Waals surface area (Å²) in [6.07, 6.45) is 0. The fourth-order valence-corrected chi connectivity index (χ4v) is 1.93. The Labute approximate surface area is 114 Å². The van der Waals surface area contributed by atoms with Gasteiger partial charge in [0.15, 0.2) is 6.79 Å². The maximum atomic E-state index is 9.27. The lowest BCUT2D eigenvalue weighted by Crippen LogP contribution is -1.99. The first-order valence-electron chi connectivity index (χ1n) is 5.41. The van der Waals surface area contributed by atoms with Crippen molar-refractivity contribution in [1.29, 1.82) is 0 Å². The first-order valence-corrected chi connectivity index (χ1v) is 6.20. The van der Waals surface area contributed by atoms with Crippen LogP contribution in [0.3, 0.4) is 0 Å². The van der Waals surface area contributed by atoms with Gasteiger partial charge in [0.1, 0.15) is 11.5 Å². The first kappa shape index (κ1) is 12.9. The van der Waals surface area contributed by atoms with Crippen LogP contribution >= 0.6 is 15.9 Å². The third-order valence-corrected chi connectivity index (χ3v) is 3.12. The van der Waals surface area contributed by atoms with Crippen LogP contribution in [0, 0.1) is 0 Å². The smallest absolute Gasteiger partial charge is 0.188 e. The molecule has 0 fully saturated rings. The van der Waals surface area contributed by atoms with E-state index in [1.165, 1.54) is 0 Å². The van der Waals surface area contributed by atoms with Gasteiger partial charge in [-0.05, 0) is 51.3 Å². The molecular weight excluding hydrogens is 296 g/mol. The van der Waals surface area contributed by atoms with Crippen LogP contribution in [0.4, 0.5) is 0 Å². The number of rotatable bonds is 4. The molecule has 18 heavy (non-hydrogen) atoms. The van der Waals surface area contributed by atoms with E-state index in [0.29, 0.717) is 0 Å². The van der Waals surface area contributed by atoms with E-state index in [1.807, 2.05) is 30.3 Å². The van der Waals surface area contributed by atoms with Crippen LogP contribution in [-0.2, 0) is 4.74 Å². The highest BCUT2D eigenvalue weighted by atomic mass is 79.9. The second-order valence-corrected chi connectivity index (χ2v) is 4.60. The normalized spacial score (nSPS) is 10.3. The SMILES string of the molecule is COCOc1cc(-c2ccc(O)cc2)ccc1Br.